The number of hydrogen-bond donors (Lipinski definition) is 2. The minimum absolute atomic E-state index is 0.0399. The number of hydrogen-bond acceptors (Lipinski definition) is 5. The Labute approximate surface area is 101 Å². The van der Waals surface area contributed by atoms with E-state index in [4.69, 9.17) is 0 Å². The summed E-state index contributed by atoms with van der Waals surface area (Å²) in [5.74, 6) is 0.355. The summed E-state index contributed by atoms with van der Waals surface area (Å²) in [5, 5.41) is 3.15. The summed E-state index contributed by atoms with van der Waals surface area (Å²) in [6.07, 6.45) is -0.0802. The number of amides is 1. The highest BCUT2D eigenvalue weighted by Crippen LogP contribution is 2.28. The van der Waals surface area contributed by atoms with Crippen molar-refractivity contribution in [1.82, 2.24) is 14.3 Å². The first-order valence-corrected chi connectivity index (χ1v) is 7.15. The van der Waals surface area contributed by atoms with Gasteiger partial charge in [-0.05, 0) is 25.8 Å². The predicted octanol–water partition coefficient (Wildman–Crippen LogP) is -0.729. The highest BCUT2D eigenvalue weighted by atomic mass is 32.2. The first-order valence-electron chi connectivity index (χ1n) is 5.71. The zero-order valence-corrected chi connectivity index (χ0v) is 10.5. The monoisotopic (exact) mass is 263 g/mol. The number of nitrogens with one attached hydrogen (secondary N) is 2. The van der Waals surface area contributed by atoms with Crippen molar-refractivity contribution in [3.63, 3.8) is 0 Å². The Kier molecular flexibility index (Phi) is 3.55. The van der Waals surface area contributed by atoms with Gasteiger partial charge in [-0.2, -0.15) is 12.7 Å². The molecule has 0 aliphatic carbocycles. The maximum absolute atomic E-state index is 11.9. The van der Waals surface area contributed by atoms with Crippen LogP contribution in [0.4, 0.5) is 4.79 Å². The first-order chi connectivity index (χ1) is 8.04. The smallest absolute Gasteiger partial charge is 0.421 e. The van der Waals surface area contributed by atoms with Crippen LogP contribution in [0.2, 0.25) is 0 Å². The molecule has 0 radical (unpaired) electrons. The molecule has 2 heterocycles. The highest BCUT2D eigenvalue weighted by molar-refractivity contribution is 7.87. The van der Waals surface area contributed by atoms with Crippen LogP contribution in [0.1, 0.15) is 13.3 Å². The van der Waals surface area contributed by atoms with Crippen molar-refractivity contribution in [3.05, 3.63) is 0 Å². The summed E-state index contributed by atoms with van der Waals surface area (Å²) >= 11 is 0. The molecule has 2 rings (SSSR count). The number of nitrogens with zero attached hydrogens (tertiary/aromatic N) is 1. The average molecular weight is 263 g/mol. The third kappa shape index (κ3) is 2.53. The van der Waals surface area contributed by atoms with Crippen molar-refractivity contribution >= 4 is 16.3 Å². The van der Waals surface area contributed by atoms with Gasteiger partial charge in [0.05, 0.1) is 6.61 Å². The molecule has 0 aromatic rings. The maximum atomic E-state index is 11.9. The summed E-state index contributed by atoms with van der Waals surface area (Å²) in [7, 11) is -3.77. The Bertz CT molecular complexity index is 397. The lowest BCUT2D eigenvalue weighted by atomic mass is 10.1. The van der Waals surface area contributed by atoms with Crippen LogP contribution < -0.4 is 10.0 Å². The van der Waals surface area contributed by atoms with Crippen LogP contribution in [-0.4, -0.2) is 51.1 Å². The Morgan fingerprint density at radius 1 is 1.53 bits per heavy atom. The van der Waals surface area contributed by atoms with Gasteiger partial charge in [0.25, 0.3) is 0 Å². The molecule has 17 heavy (non-hydrogen) atoms. The fraction of sp³-hybridized carbons (Fsp3) is 0.889. The molecule has 2 saturated heterocycles. The second-order valence-electron chi connectivity index (χ2n) is 4.21. The van der Waals surface area contributed by atoms with Crippen molar-refractivity contribution in [2.45, 2.75) is 19.4 Å². The van der Waals surface area contributed by atoms with E-state index in [1.54, 1.807) is 6.92 Å². The fourth-order valence-electron chi connectivity index (χ4n) is 2.43. The molecule has 2 aliphatic heterocycles. The lowest BCUT2D eigenvalue weighted by molar-refractivity contribution is 0.158. The molecule has 0 saturated carbocycles. The van der Waals surface area contributed by atoms with Crippen LogP contribution >= 0.6 is 0 Å². The summed E-state index contributed by atoms with van der Waals surface area (Å²) < 4.78 is 31.7. The number of carbonyl (C=O) groups is 1. The molecule has 0 unspecified atom stereocenters. The lowest BCUT2D eigenvalue weighted by Crippen LogP contribution is -2.47. The van der Waals surface area contributed by atoms with Gasteiger partial charge in [-0.25, -0.2) is 9.52 Å². The van der Waals surface area contributed by atoms with Crippen LogP contribution in [0.3, 0.4) is 0 Å². The van der Waals surface area contributed by atoms with Crippen LogP contribution in [0, 0.1) is 5.92 Å². The van der Waals surface area contributed by atoms with Gasteiger partial charge in [0.1, 0.15) is 0 Å². The molecular weight excluding hydrogens is 246 g/mol. The average Bonchev–Trinajstić information content (AvgIpc) is 2.75. The number of fused-ring (bicyclic) bond motifs is 1. The largest absolute Gasteiger partial charge is 0.449 e. The normalized spacial score (nSPS) is 29.0. The molecule has 0 bridgehead atoms. The van der Waals surface area contributed by atoms with E-state index < -0.39 is 16.3 Å². The van der Waals surface area contributed by atoms with Crippen molar-refractivity contribution in [2.75, 3.05) is 26.2 Å². The van der Waals surface area contributed by atoms with Crippen molar-refractivity contribution in [2.24, 2.45) is 5.92 Å². The Morgan fingerprint density at radius 2 is 2.29 bits per heavy atom. The van der Waals surface area contributed by atoms with Crippen molar-refractivity contribution < 1.29 is 17.9 Å². The van der Waals surface area contributed by atoms with E-state index in [0.29, 0.717) is 19.0 Å². The number of rotatable bonds is 3. The van der Waals surface area contributed by atoms with Crippen LogP contribution in [-0.2, 0) is 14.9 Å². The second-order valence-corrected chi connectivity index (χ2v) is 5.84. The lowest BCUT2D eigenvalue weighted by Gasteiger charge is -2.22. The van der Waals surface area contributed by atoms with Gasteiger partial charge < -0.3 is 10.1 Å². The molecule has 98 valence electrons. The molecule has 2 aliphatic rings. The number of ether oxygens (including phenoxy) is 1. The van der Waals surface area contributed by atoms with E-state index in [0.717, 1.165) is 13.0 Å². The minimum atomic E-state index is -3.77. The van der Waals surface area contributed by atoms with E-state index in [-0.39, 0.29) is 12.6 Å². The summed E-state index contributed by atoms with van der Waals surface area (Å²) in [6, 6.07) is -0.0399. The van der Waals surface area contributed by atoms with Gasteiger partial charge in [0.15, 0.2) is 0 Å². The molecule has 0 aromatic carbocycles. The Morgan fingerprint density at radius 3 is 3.00 bits per heavy atom. The molecule has 8 heteroatoms. The molecular formula is C9H17N3O4S. The molecule has 2 atom stereocenters. The van der Waals surface area contributed by atoms with Gasteiger partial charge in [-0.3, -0.25) is 0 Å². The molecule has 0 spiro atoms. The van der Waals surface area contributed by atoms with Gasteiger partial charge in [0, 0.05) is 19.1 Å². The quantitative estimate of drug-likeness (QED) is 0.701. The highest BCUT2D eigenvalue weighted by Gasteiger charge is 2.43. The van der Waals surface area contributed by atoms with E-state index in [1.165, 1.54) is 4.31 Å². The summed E-state index contributed by atoms with van der Waals surface area (Å²) in [6.45, 7) is 3.73. The van der Waals surface area contributed by atoms with Gasteiger partial charge in [0.2, 0.25) is 0 Å². The first kappa shape index (κ1) is 12.6. The standard InChI is InChI=1S/C9H17N3O4S/c1-2-16-9(13)11-17(14,15)12-4-3-7-5-10-6-8(7)12/h7-8,10H,2-6H2,1H3,(H,11,13)/t7-,8+/m0/s1. The van der Waals surface area contributed by atoms with Crippen LogP contribution in [0.5, 0.6) is 0 Å². The molecule has 2 fully saturated rings. The van der Waals surface area contributed by atoms with Gasteiger partial charge in [-0.15, -0.1) is 0 Å². The van der Waals surface area contributed by atoms with E-state index in [9.17, 15) is 13.2 Å². The SMILES string of the molecule is CCOC(=O)NS(=O)(=O)N1CC[C@H]2CNC[C@H]21. The van der Waals surface area contributed by atoms with Gasteiger partial charge >= 0.3 is 16.3 Å². The third-order valence-electron chi connectivity index (χ3n) is 3.19. The maximum Gasteiger partial charge on any atom is 0.421 e. The Balaban J connectivity index is 2.03. The van der Waals surface area contributed by atoms with Crippen molar-refractivity contribution in [1.29, 1.82) is 0 Å². The van der Waals surface area contributed by atoms with Crippen LogP contribution in [0.15, 0.2) is 0 Å². The summed E-state index contributed by atoms with van der Waals surface area (Å²) in [5.41, 5.74) is 0. The molecule has 1 amide bonds. The van der Waals surface area contributed by atoms with E-state index >= 15 is 0 Å². The fourth-order valence-corrected chi connectivity index (χ4v) is 3.77. The van der Waals surface area contributed by atoms with E-state index in [2.05, 4.69) is 10.1 Å². The van der Waals surface area contributed by atoms with Crippen molar-refractivity contribution in [3.8, 4) is 0 Å². The zero-order chi connectivity index (χ0) is 12.5. The van der Waals surface area contributed by atoms with Gasteiger partial charge in [-0.1, -0.05) is 0 Å². The predicted molar refractivity (Wildman–Crippen MR) is 60.5 cm³/mol. The topological polar surface area (TPSA) is 87.7 Å². The molecule has 0 aromatic heterocycles. The third-order valence-corrected chi connectivity index (χ3v) is 4.69. The minimum Gasteiger partial charge on any atom is -0.449 e. The number of carbonyl (C=O) groups excluding carboxylic acids is 1. The van der Waals surface area contributed by atoms with Crippen LogP contribution in [0.25, 0.3) is 0 Å². The second kappa shape index (κ2) is 4.79. The van der Waals surface area contributed by atoms with E-state index in [1.807, 2.05) is 4.72 Å². The Hall–Kier alpha value is -0.860. The summed E-state index contributed by atoms with van der Waals surface area (Å²) in [4.78, 5) is 11.2. The zero-order valence-electron chi connectivity index (χ0n) is 9.68. The molecule has 2 N–H and O–H groups in total. The molecule has 7 nitrogen and oxygen atoms in total.